The van der Waals surface area contributed by atoms with Gasteiger partial charge < -0.3 is 24.8 Å². The Kier molecular flexibility index (Phi) is 16.7. The van der Waals surface area contributed by atoms with Gasteiger partial charge in [-0.2, -0.15) is 11.6 Å². The smallest absolute Gasteiger partial charge is 0.0583 e. The van der Waals surface area contributed by atoms with Gasteiger partial charge in [-0.05, 0) is 39.5 Å². The third-order valence-corrected chi connectivity index (χ3v) is 12.8. The standard InChI is InChI=1S/C33H33.C15H14.C10H15.2ClH.Zr/c1-32(2,3)30-20-26-24(18-28(30)22-13-9-7-10-14-22)17-25-19-29(23-15-11-8-12-16-23)31(21-27(25)26)33(4,5)6;1-12-3-7-14(8-4-12)11-15-9-5-13(2)6-10-15;1-8-6-5-7-9(8)10(2,3)4;;;/h7-16,18,20-21H,17H2,1-6H3;3-10H,1-2H3;5-7H,1-4H3;2*1H;/q-1;;-1;;;+2/p-2. The number of hydrogen-bond acceptors (Lipinski definition) is 0. The van der Waals surface area contributed by atoms with Crippen LogP contribution in [-0.2, 0) is 46.9 Å². The molecule has 0 aromatic heterocycles. The van der Waals surface area contributed by atoms with Crippen LogP contribution >= 0.6 is 0 Å². The molecule has 0 spiro atoms. The molecule has 3 heteroatoms. The van der Waals surface area contributed by atoms with E-state index in [1.807, 2.05) is 0 Å². The summed E-state index contributed by atoms with van der Waals surface area (Å²) in [5.74, 6) is 0. The third kappa shape index (κ3) is 12.1. The van der Waals surface area contributed by atoms with E-state index in [9.17, 15) is 0 Å². The van der Waals surface area contributed by atoms with E-state index in [0.29, 0.717) is 5.41 Å². The zero-order valence-corrected chi connectivity index (χ0v) is 42.3. The third-order valence-electron chi connectivity index (χ3n) is 11.3. The molecule has 0 N–H and O–H groups in total. The molecule has 0 unspecified atom stereocenters. The topological polar surface area (TPSA) is 0 Å². The number of halogens is 2. The van der Waals surface area contributed by atoms with Crippen LogP contribution in [0.4, 0.5) is 0 Å². The Morgan fingerprint density at radius 1 is 0.525 bits per heavy atom. The van der Waals surface area contributed by atoms with Crippen LogP contribution in [0.25, 0.3) is 33.4 Å². The van der Waals surface area contributed by atoms with E-state index in [0.717, 1.165) is 6.42 Å². The molecule has 0 heterocycles. The maximum atomic E-state index is 3.88. The van der Waals surface area contributed by atoms with Crippen molar-refractivity contribution in [1.29, 1.82) is 0 Å². The van der Waals surface area contributed by atoms with Gasteiger partial charge in [0, 0.05) is 0 Å². The van der Waals surface area contributed by atoms with Crippen molar-refractivity contribution in [2.75, 3.05) is 0 Å². The molecule has 7 aromatic rings. The van der Waals surface area contributed by atoms with Gasteiger partial charge in [-0.25, -0.2) is 12.1 Å². The van der Waals surface area contributed by atoms with Crippen molar-refractivity contribution in [3.63, 3.8) is 0 Å². The molecule has 1 aliphatic carbocycles. The number of benzene rings is 6. The summed E-state index contributed by atoms with van der Waals surface area (Å²) in [6.07, 6.45) is 0.944. The molecule has 0 bridgehead atoms. The van der Waals surface area contributed by atoms with Gasteiger partial charge in [0.25, 0.3) is 0 Å². The molecule has 1 aliphatic rings. The van der Waals surface area contributed by atoms with Gasteiger partial charge >= 0.3 is 112 Å². The fraction of sp³-hybridized carbons (Fsp3) is 0.276. The van der Waals surface area contributed by atoms with Crippen molar-refractivity contribution in [1.82, 2.24) is 0 Å². The summed E-state index contributed by atoms with van der Waals surface area (Å²) < 4.78 is 1.42. The van der Waals surface area contributed by atoms with Crippen molar-refractivity contribution in [3.05, 3.63) is 207 Å². The molecule has 7 aromatic carbocycles. The van der Waals surface area contributed by atoms with Gasteiger partial charge in [0.2, 0.25) is 0 Å². The van der Waals surface area contributed by atoms with E-state index in [-0.39, 0.29) is 35.6 Å². The van der Waals surface area contributed by atoms with Crippen molar-refractivity contribution < 1.29 is 49.0 Å². The first-order chi connectivity index (χ1) is 27.8. The quantitative estimate of drug-likeness (QED) is 0.155. The van der Waals surface area contributed by atoms with Gasteiger partial charge in [0.15, 0.2) is 0 Å². The summed E-state index contributed by atoms with van der Waals surface area (Å²) in [6, 6.07) is 56.8. The molecular formula is C58H62Cl2Zr-2. The average Bonchev–Trinajstić information content (AvgIpc) is 3.80. The molecule has 0 aliphatic heterocycles. The maximum Gasteiger partial charge on any atom is -0.0583 e. The second-order valence-corrected chi connectivity index (χ2v) is 20.6. The molecule has 8 rings (SSSR count). The average molecular weight is 921 g/mol. The van der Waals surface area contributed by atoms with Crippen LogP contribution in [0.2, 0.25) is 0 Å². The summed E-state index contributed by atoms with van der Waals surface area (Å²) in [5, 5.41) is 0. The molecule has 0 fully saturated rings. The molecule has 61 heavy (non-hydrogen) atoms. The summed E-state index contributed by atoms with van der Waals surface area (Å²) in [7, 11) is 0. The Hall–Kier alpha value is -4.00. The largest absolute Gasteiger partial charge is 1.00 e. The molecule has 0 saturated carbocycles. The van der Waals surface area contributed by atoms with Gasteiger partial charge in [-0.15, -0.1) is 34.4 Å². The predicted molar refractivity (Wildman–Crippen MR) is 253 cm³/mol. The SMILES string of the molecule is CC(C)(C)c1cc2c([c-]c1-c1ccccc1)Cc1cc(-c3ccccc3)c(C(C)(C)C)cc1-2.Cc1ccc([C](=[Zr+2])c2ccc(C)cc2)cc1.Cc1ccc[c-]1C(C)(C)C.[Cl-].[Cl-]. The van der Waals surface area contributed by atoms with Crippen LogP contribution in [0.15, 0.2) is 146 Å². The minimum absolute atomic E-state index is 0. The summed E-state index contributed by atoms with van der Waals surface area (Å²) >= 11 is 1.46. The summed E-state index contributed by atoms with van der Waals surface area (Å²) in [5.41, 5.74) is 22.0. The summed E-state index contributed by atoms with van der Waals surface area (Å²) in [6.45, 7) is 27.0. The van der Waals surface area contributed by atoms with E-state index < -0.39 is 0 Å². The zero-order valence-electron chi connectivity index (χ0n) is 38.3. The second kappa shape index (κ2) is 20.5. The minimum atomic E-state index is 0. The van der Waals surface area contributed by atoms with E-state index in [1.165, 1.54) is 116 Å². The Morgan fingerprint density at radius 3 is 1.43 bits per heavy atom. The normalized spacial score (nSPS) is 11.7. The van der Waals surface area contributed by atoms with Gasteiger partial charge in [0.05, 0.1) is 0 Å². The summed E-state index contributed by atoms with van der Waals surface area (Å²) in [4.78, 5) is 0. The fourth-order valence-electron chi connectivity index (χ4n) is 8.06. The van der Waals surface area contributed by atoms with Gasteiger partial charge in [-0.1, -0.05) is 164 Å². The van der Waals surface area contributed by atoms with Gasteiger partial charge in [0.1, 0.15) is 0 Å². The monoisotopic (exact) mass is 918 g/mol. The van der Waals surface area contributed by atoms with E-state index in [1.54, 1.807) is 0 Å². The minimum Gasteiger partial charge on any atom is -1.00 e. The van der Waals surface area contributed by atoms with Crippen molar-refractivity contribution in [2.45, 2.75) is 106 Å². The Labute approximate surface area is 395 Å². The predicted octanol–water partition coefficient (Wildman–Crippen LogP) is 9.43. The first-order valence-electron chi connectivity index (χ1n) is 21.1. The number of aryl methyl sites for hydroxylation is 3. The van der Waals surface area contributed by atoms with Crippen molar-refractivity contribution in [3.8, 4) is 33.4 Å². The maximum absolute atomic E-state index is 3.88. The van der Waals surface area contributed by atoms with Crippen LogP contribution in [0.3, 0.4) is 0 Å². The van der Waals surface area contributed by atoms with E-state index in [4.69, 9.17) is 0 Å². The van der Waals surface area contributed by atoms with Gasteiger partial charge in [-0.3, -0.25) is 0 Å². The Balaban J connectivity index is 0.000000243. The van der Waals surface area contributed by atoms with E-state index >= 15 is 0 Å². The molecule has 0 amide bonds. The van der Waals surface area contributed by atoms with E-state index in [2.05, 4.69) is 235 Å². The molecule has 0 nitrogen and oxygen atoms in total. The zero-order chi connectivity index (χ0) is 42.7. The van der Waals surface area contributed by atoms with Crippen molar-refractivity contribution >= 4 is 3.21 Å². The number of rotatable bonds is 4. The van der Waals surface area contributed by atoms with Crippen LogP contribution in [0, 0.1) is 26.8 Å². The van der Waals surface area contributed by atoms with Crippen molar-refractivity contribution in [2.24, 2.45) is 0 Å². The Morgan fingerprint density at radius 2 is 1.00 bits per heavy atom. The first-order valence-corrected chi connectivity index (χ1v) is 22.4. The first kappa shape index (κ1) is 49.7. The molecule has 0 radical (unpaired) electrons. The molecule has 0 atom stereocenters. The fourth-order valence-corrected chi connectivity index (χ4v) is 8.88. The second-order valence-electron chi connectivity index (χ2n) is 19.4. The molecule has 0 saturated heterocycles. The molecular weight excluding hydrogens is 859 g/mol. The van der Waals surface area contributed by atoms with Crippen LogP contribution < -0.4 is 24.8 Å². The Bertz CT molecular complexity index is 2370. The van der Waals surface area contributed by atoms with Crippen LogP contribution in [0.5, 0.6) is 0 Å². The number of hydrogen-bond donors (Lipinski definition) is 0. The van der Waals surface area contributed by atoms with Crippen LogP contribution in [0.1, 0.15) is 118 Å². The number of fused-ring (bicyclic) bond motifs is 3. The molecule has 314 valence electrons. The van der Waals surface area contributed by atoms with Crippen LogP contribution in [-0.4, -0.2) is 3.21 Å².